The Morgan fingerprint density at radius 2 is 2.05 bits per heavy atom. The van der Waals surface area contributed by atoms with E-state index in [9.17, 15) is 8.42 Å². The Balaban J connectivity index is 2.07. The van der Waals surface area contributed by atoms with Crippen LogP contribution in [0.3, 0.4) is 0 Å². The third-order valence-corrected chi connectivity index (χ3v) is 5.27. The van der Waals surface area contributed by atoms with E-state index in [4.69, 9.17) is 4.74 Å². The van der Waals surface area contributed by atoms with Crippen molar-refractivity contribution in [3.63, 3.8) is 0 Å². The summed E-state index contributed by atoms with van der Waals surface area (Å²) in [4.78, 5) is 6.15. The quantitative estimate of drug-likeness (QED) is 0.787. The van der Waals surface area contributed by atoms with E-state index in [1.54, 1.807) is 6.20 Å². The van der Waals surface area contributed by atoms with E-state index < -0.39 is 10.2 Å². The molecule has 0 aliphatic carbocycles. The second kappa shape index (κ2) is 6.17. The molecule has 2 heterocycles. The summed E-state index contributed by atoms with van der Waals surface area (Å²) in [5.74, 6) is 1.42. The van der Waals surface area contributed by atoms with E-state index >= 15 is 0 Å². The summed E-state index contributed by atoms with van der Waals surface area (Å²) < 4.78 is 32.8. The highest BCUT2D eigenvalue weighted by Crippen LogP contribution is 2.27. The van der Waals surface area contributed by atoms with Crippen LogP contribution in [0.2, 0.25) is 0 Å². The van der Waals surface area contributed by atoms with E-state index in [1.165, 1.54) is 22.7 Å². The summed E-state index contributed by atoms with van der Waals surface area (Å²) in [6, 6.07) is 3.66. The smallest absolute Gasteiger partial charge is 0.281 e. The van der Waals surface area contributed by atoms with E-state index in [2.05, 4.69) is 4.98 Å². The zero-order chi connectivity index (χ0) is 15.6. The summed E-state index contributed by atoms with van der Waals surface area (Å²) in [5.41, 5.74) is 0. The molecule has 21 heavy (non-hydrogen) atoms. The van der Waals surface area contributed by atoms with Gasteiger partial charge >= 0.3 is 0 Å². The first kappa shape index (κ1) is 16.0. The fraction of sp³-hybridized carbons (Fsp3) is 0.615. The first-order chi connectivity index (χ1) is 9.82. The molecule has 1 aromatic rings. The molecule has 8 heteroatoms. The molecule has 7 nitrogen and oxygen atoms in total. The summed E-state index contributed by atoms with van der Waals surface area (Å²) in [7, 11) is 3.50. The summed E-state index contributed by atoms with van der Waals surface area (Å²) >= 11 is 0. The predicted molar refractivity (Wildman–Crippen MR) is 81.8 cm³/mol. The first-order valence-corrected chi connectivity index (χ1v) is 8.18. The summed E-state index contributed by atoms with van der Waals surface area (Å²) in [6.45, 7) is 0.838. The van der Waals surface area contributed by atoms with Crippen LogP contribution in [0.1, 0.15) is 6.42 Å². The van der Waals surface area contributed by atoms with E-state index in [1.807, 2.05) is 31.1 Å². The van der Waals surface area contributed by atoms with Gasteiger partial charge in [0.25, 0.3) is 10.2 Å². The Morgan fingerprint density at radius 1 is 1.33 bits per heavy atom. The molecule has 0 amide bonds. The number of rotatable bonds is 5. The second-order valence-corrected chi connectivity index (χ2v) is 7.54. The maximum Gasteiger partial charge on any atom is 0.281 e. The van der Waals surface area contributed by atoms with Gasteiger partial charge in [0.2, 0.25) is 0 Å². The third kappa shape index (κ3) is 3.45. The molecule has 118 valence electrons. The molecular weight excluding hydrogens is 292 g/mol. The number of nitrogens with zero attached hydrogens (tertiary/aromatic N) is 4. The molecule has 1 aromatic heterocycles. The van der Waals surface area contributed by atoms with Gasteiger partial charge in [0.15, 0.2) is 11.6 Å². The monoisotopic (exact) mass is 314 g/mol. The molecule has 0 aromatic carbocycles. The minimum Gasteiger partial charge on any atom is -0.485 e. The highest BCUT2D eigenvalue weighted by Gasteiger charge is 2.34. The van der Waals surface area contributed by atoms with Crippen LogP contribution in [0, 0.1) is 0 Å². The van der Waals surface area contributed by atoms with Crippen LogP contribution in [0.5, 0.6) is 5.75 Å². The van der Waals surface area contributed by atoms with Gasteiger partial charge in [-0.3, -0.25) is 0 Å². The molecule has 0 N–H and O–H groups in total. The fourth-order valence-electron chi connectivity index (χ4n) is 2.22. The Kier molecular flexibility index (Phi) is 4.70. The number of hydrogen-bond acceptors (Lipinski definition) is 5. The number of aromatic nitrogens is 1. The van der Waals surface area contributed by atoms with Crippen molar-refractivity contribution in [2.75, 3.05) is 46.2 Å². The highest BCUT2D eigenvalue weighted by molar-refractivity contribution is 7.86. The lowest BCUT2D eigenvalue weighted by molar-refractivity contribution is 0.214. The van der Waals surface area contributed by atoms with Crippen LogP contribution in [0.4, 0.5) is 5.82 Å². The summed E-state index contributed by atoms with van der Waals surface area (Å²) in [5, 5.41) is 0. The number of pyridine rings is 1. The van der Waals surface area contributed by atoms with Crippen LogP contribution in [0.15, 0.2) is 18.3 Å². The Labute approximate surface area is 126 Å². The Bertz CT molecular complexity index is 589. The third-order valence-electron chi connectivity index (χ3n) is 3.36. The van der Waals surface area contributed by atoms with Gasteiger partial charge in [-0.05, 0) is 18.6 Å². The van der Waals surface area contributed by atoms with Crippen molar-refractivity contribution < 1.29 is 13.2 Å². The second-order valence-electron chi connectivity index (χ2n) is 5.40. The average molecular weight is 314 g/mol. The van der Waals surface area contributed by atoms with Gasteiger partial charge in [-0.2, -0.15) is 17.0 Å². The van der Waals surface area contributed by atoms with Crippen molar-refractivity contribution in [2.45, 2.75) is 12.5 Å². The van der Waals surface area contributed by atoms with Gasteiger partial charge in [0.1, 0.15) is 6.10 Å². The topological polar surface area (TPSA) is 66.0 Å². The van der Waals surface area contributed by atoms with E-state index in [0.29, 0.717) is 25.3 Å². The maximum atomic E-state index is 12.1. The predicted octanol–water partition coefficient (Wildman–Crippen LogP) is 0.407. The molecule has 0 spiro atoms. The molecule has 2 rings (SSSR count). The molecule has 0 radical (unpaired) electrons. The van der Waals surface area contributed by atoms with Gasteiger partial charge in [-0.1, -0.05) is 0 Å². The Hall–Kier alpha value is -1.38. The lowest BCUT2D eigenvalue weighted by atomic mass is 10.3. The molecule has 1 aliphatic heterocycles. The van der Waals surface area contributed by atoms with Crippen molar-refractivity contribution in [3.8, 4) is 5.75 Å². The fourth-order valence-corrected chi connectivity index (χ4v) is 3.38. The van der Waals surface area contributed by atoms with Crippen LogP contribution in [-0.2, 0) is 10.2 Å². The largest absolute Gasteiger partial charge is 0.485 e. The average Bonchev–Trinajstić information content (AvgIpc) is 2.88. The molecular formula is C13H22N4O3S. The Morgan fingerprint density at radius 3 is 2.67 bits per heavy atom. The number of hydrogen-bond donors (Lipinski definition) is 0. The van der Waals surface area contributed by atoms with Gasteiger partial charge in [0, 0.05) is 40.9 Å². The first-order valence-electron chi connectivity index (χ1n) is 6.79. The van der Waals surface area contributed by atoms with Crippen molar-refractivity contribution in [1.82, 2.24) is 13.6 Å². The standard InChI is InChI=1S/C13H22N4O3S/c1-15(2)13-12(6-5-8-14-13)20-11-7-9-17(10-11)21(18,19)16(3)4/h5-6,8,11H,7,9-10H2,1-4H3. The molecule has 1 unspecified atom stereocenters. The van der Waals surface area contributed by atoms with Gasteiger partial charge in [-0.25, -0.2) is 4.98 Å². The zero-order valence-corrected chi connectivity index (χ0v) is 13.7. The lowest BCUT2D eigenvalue weighted by Gasteiger charge is -2.22. The molecule has 0 saturated carbocycles. The molecule has 1 fully saturated rings. The van der Waals surface area contributed by atoms with Crippen LogP contribution in [0.25, 0.3) is 0 Å². The van der Waals surface area contributed by atoms with Crippen molar-refractivity contribution in [1.29, 1.82) is 0 Å². The normalized spacial score (nSPS) is 20.0. The number of ether oxygens (including phenoxy) is 1. The van der Waals surface area contributed by atoms with Gasteiger partial charge in [0.05, 0.1) is 6.54 Å². The van der Waals surface area contributed by atoms with Crippen molar-refractivity contribution >= 4 is 16.0 Å². The van der Waals surface area contributed by atoms with Crippen molar-refractivity contribution in [3.05, 3.63) is 18.3 Å². The maximum absolute atomic E-state index is 12.1. The van der Waals surface area contributed by atoms with Crippen LogP contribution < -0.4 is 9.64 Å². The lowest BCUT2D eigenvalue weighted by Crippen LogP contribution is -2.39. The molecule has 1 atom stereocenters. The van der Waals surface area contributed by atoms with E-state index in [0.717, 1.165) is 5.82 Å². The van der Waals surface area contributed by atoms with Gasteiger partial charge in [-0.15, -0.1) is 0 Å². The molecule has 1 saturated heterocycles. The van der Waals surface area contributed by atoms with Crippen LogP contribution >= 0.6 is 0 Å². The summed E-state index contributed by atoms with van der Waals surface area (Å²) in [6.07, 6.45) is 2.23. The van der Waals surface area contributed by atoms with E-state index in [-0.39, 0.29) is 6.10 Å². The van der Waals surface area contributed by atoms with Gasteiger partial charge < -0.3 is 9.64 Å². The number of anilines is 1. The molecule has 1 aliphatic rings. The zero-order valence-electron chi connectivity index (χ0n) is 12.9. The van der Waals surface area contributed by atoms with Crippen molar-refractivity contribution in [2.24, 2.45) is 0 Å². The highest BCUT2D eigenvalue weighted by atomic mass is 32.2. The molecule has 0 bridgehead atoms. The SMILES string of the molecule is CN(C)c1ncccc1OC1CCN(S(=O)(=O)N(C)C)C1. The minimum atomic E-state index is -3.37. The van der Waals surface area contributed by atoms with Crippen LogP contribution in [-0.4, -0.2) is 69.4 Å². The minimum absolute atomic E-state index is 0.150.